The molecule has 0 aliphatic heterocycles. The summed E-state index contributed by atoms with van der Waals surface area (Å²) in [6.45, 7) is 3.03. The van der Waals surface area contributed by atoms with Crippen LogP contribution in [0.2, 0.25) is 0 Å². The fourth-order valence-electron chi connectivity index (χ4n) is 3.12. The molecule has 0 spiro atoms. The Bertz CT molecular complexity index is 584. The largest absolute Gasteiger partial charge is 0.352 e. The molecule has 4 nitrogen and oxygen atoms in total. The highest BCUT2D eigenvalue weighted by Gasteiger charge is 2.26. The van der Waals surface area contributed by atoms with Crippen molar-refractivity contribution in [3.05, 3.63) is 30.1 Å². The lowest BCUT2D eigenvalue weighted by molar-refractivity contribution is 0.111. The van der Waals surface area contributed by atoms with Crippen LogP contribution in [0.15, 0.2) is 24.4 Å². The van der Waals surface area contributed by atoms with Gasteiger partial charge in [0.25, 0.3) is 0 Å². The van der Waals surface area contributed by atoms with Crippen LogP contribution in [-0.2, 0) is 0 Å². The molecule has 0 atom stereocenters. The maximum absolute atomic E-state index is 11.5. The van der Waals surface area contributed by atoms with Crippen molar-refractivity contribution >= 4 is 17.8 Å². The second-order valence-electron chi connectivity index (χ2n) is 5.09. The first kappa shape index (κ1) is 12.2. The first-order valence-electron chi connectivity index (χ1n) is 7.04. The lowest BCUT2D eigenvalue weighted by Crippen LogP contribution is -2.34. The number of nitrogens with zero attached hydrogens (tertiary/aromatic N) is 3. The quantitative estimate of drug-likeness (QED) is 0.790. The SMILES string of the molecule is CCN(c1nc2ccccn2c1C=O)C1CCCC1. The molecular weight excluding hydrogens is 238 g/mol. The van der Waals surface area contributed by atoms with Crippen molar-refractivity contribution in [1.29, 1.82) is 0 Å². The molecule has 100 valence electrons. The molecule has 0 radical (unpaired) electrons. The predicted octanol–water partition coefficient (Wildman–Crippen LogP) is 2.92. The highest BCUT2D eigenvalue weighted by molar-refractivity contribution is 5.83. The number of aromatic nitrogens is 2. The minimum Gasteiger partial charge on any atom is -0.352 e. The average Bonchev–Trinajstić information content (AvgIpc) is 3.07. The third-order valence-electron chi connectivity index (χ3n) is 4.04. The van der Waals surface area contributed by atoms with E-state index in [1.54, 1.807) is 0 Å². The van der Waals surface area contributed by atoms with Gasteiger partial charge in [0.2, 0.25) is 0 Å². The summed E-state index contributed by atoms with van der Waals surface area (Å²) in [5.41, 5.74) is 1.51. The van der Waals surface area contributed by atoms with Gasteiger partial charge in [-0.1, -0.05) is 18.9 Å². The van der Waals surface area contributed by atoms with Crippen LogP contribution in [0.5, 0.6) is 0 Å². The van der Waals surface area contributed by atoms with Crippen LogP contribution in [0, 0.1) is 0 Å². The van der Waals surface area contributed by atoms with E-state index in [1.807, 2.05) is 28.8 Å². The topological polar surface area (TPSA) is 37.6 Å². The van der Waals surface area contributed by atoms with Crippen molar-refractivity contribution in [2.24, 2.45) is 0 Å². The molecule has 1 fully saturated rings. The molecule has 2 heterocycles. The zero-order chi connectivity index (χ0) is 13.2. The number of hydrogen-bond acceptors (Lipinski definition) is 3. The van der Waals surface area contributed by atoms with Crippen LogP contribution in [-0.4, -0.2) is 28.3 Å². The normalized spacial score (nSPS) is 16.1. The number of anilines is 1. The average molecular weight is 257 g/mol. The highest BCUT2D eigenvalue weighted by atomic mass is 16.1. The molecule has 3 rings (SSSR count). The summed E-state index contributed by atoms with van der Waals surface area (Å²) in [6.07, 6.45) is 7.81. The van der Waals surface area contributed by atoms with Crippen molar-refractivity contribution in [3.8, 4) is 0 Å². The number of carbonyl (C=O) groups is 1. The van der Waals surface area contributed by atoms with Crippen molar-refractivity contribution < 1.29 is 4.79 Å². The monoisotopic (exact) mass is 257 g/mol. The smallest absolute Gasteiger partial charge is 0.170 e. The van der Waals surface area contributed by atoms with Gasteiger partial charge < -0.3 is 4.90 Å². The Morgan fingerprint density at radius 1 is 1.42 bits per heavy atom. The van der Waals surface area contributed by atoms with Crippen molar-refractivity contribution in [2.75, 3.05) is 11.4 Å². The summed E-state index contributed by atoms with van der Waals surface area (Å²) in [5.74, 6) is 0.843. The van der Waals surface area contributed by atoms with Crippen LogP contribution in [0.3, 0.4) is 0 Å². The summed E-state index contributed by atoms with van der Waals surface area (Å²) >= 11 is 0. The molecule has 0 N–H and O–H groups in total. The van der Waals surface area contributed by atoms with Gasteiger partial charge in [0.05, 0.1) is 0 Å². The zero-order valence-electron chi connectivity index (χ0n) is 11.2. The van der Waals surface area contributed by atoms with Gasteiger partial charge in [0.1, 0.15) is 11.3 Å². The Kier molecular flexibility index (Phi) is 3.23. The van der Waals surface area contributed by atoms with E-state index < -0.39 is 0 Å². The Hall–Kier alpha value is -1.84. The van der Waals surface area contributed by atoms with Gasteiger partial charge in [-0.15, -0.1) is 0 Å². The fourth-order valence-corrected chi connectivity index (χ4v) is 3.12. The van der Waals surface area contributed by atoms with Gasteiger partial charge in [-0.3, -0.25) is 9.20 Å². The Morgan fingerprint density at radius 3 is 2.89 bits per heavy atom. The van der Waals surface area contributed by atoms with E-state index in [0.29, 0.717) is 11.7 Å². The van der Waals surface area contributed by atoms with Crippen LogP contribution in [0.4, 0.5) is 5.82 Å². The number of carbonyl (C=O) groups excluding carboxylic acids is 1. The number of aldehydes is 1. The number of pyridine rings is 1. The summed E-state index contributed by atoms with van der Waals surface area (Å²) in [6, 6.07) is 6.36. The molecule has 0 aromatic carbocycles. The molecule has 1 saturated carbocycles. The van der Waals surface area contributed by atoms with Gasteiger partial charge in [0, 0.05) is 18.8 Å². The van der Waals surface area contributed by atoms with E-state index in [0.717, 1.165) is 24.3 Å². The predicted molar refractivity (Wildman–Crippen MR) is 75.9 cm³/mol. The van der Waals surface area contributed by atoms with E-state index in [-0.39, 0.29) is 0 Å². The van der Waals surface area contributed by atoms with E-state index in [2.05, 4.69) is 16.8 Å². The number of rotatable bonds is 4. The Labute approximate surface area is 113 Å². The molecule has 2 aromatic heterocycles. The first-order chi connectivity index (χ1) is 9.35. The van der Waals surface area contributed by atoms with Gasteiger partial charge in [-0.2, -0.15) is 0 Å². The van der Waals surface area contributed by atoms with Crippen molar-refractivity contribution in [3.63, 3.8) is 0 Å². The van der Waals surface area contributed by atoms with Crippen molar-refractivity contribution in [2.45, 2.75) is 38.6 Å². The molecule has 0 bridgehead atoms. The minimum atomic E-state index is 0.536. The third kappa shape index (κ3) is 2.01. The third-order valence-corrected chi connectivity index (χ3v) is 4.04. The Morgan fingerprint density at radius 2 is 2.21 bits per heavy atom. The molecule has 2 aromatic rings. The van der Waals surface area contributed by atoms with E-state index >= 15 is 0 Å². The second kappa shape index (κ2) is 5.03. The van der Waals surface area contributed by atoms with Crippen LogP contribution >= 0.6 is 0 Å². The molecule has 1 aliphatic carbocycles. The molecular formula is C15H19N3O. The molecule has 19 heavy (non-hydrogen) atoms. The maximum Gasteiger partial charge on any atom is 0.170 e. The number of hydrogen-bond donors (Lipinski definition) is 0. The summed E-state index contributed by atoms with van der Waals surface area (Å²) in [7, 11) is 0. The first-order valence-corrected chi connectivity index (χ1v) is 7.04. The van der Waals surface area contributed by atoms with Crippen molar-refractivity contribution in [1.82, 2.24) is 9.38 Å². The summed E-state index contributed by atoms with van der Waals surface area (Å²) in [5, 5.41) is 0. The van der Waals surface area contributed by atoms with Crippen LogP contribution in [0.25, 0.3) is 5.65 Å². The molecule has 1 aliphatic rings. The number of imidazole rings is 1. The van der Waals surface area contributed by atoms with Gasteiger partial charge >= 0.3 is 0 Å². The molecule has 0 saturated heterocycles. The van der Waals surface area contributed by atoms with E-state index in [4.69, 9.17) is 0 Å². The van der Waals surface area contributed by atoms with Gasteiger partial charge in [0.15, 0.2) is 12.1 Å². The molecule has 4 heteroatoms. The van der Waals surface area contributed by atoms with Gasteiger partial charge in [-0.05, 0) is 31.9 Å². The minimum absolute atomic E-state index is 0.536. The molecule has 0 amide bonds. The summed E-state index contributed by atoms with van der Waals surface area (Å²) < 4.78 is 1.87. The summed E-state index contributed by atoms with van der Waals surface area (Å²) in [4.78, 5) is 18.4. The van der Waals surface area contributed by atoms with Crippen LogP contribution in [0.1, 0.15) is 43.1 Å². The van der Waals surface area contributed by atoms with Gasteiger partial charge in [-0.25, -0.2) is 4.98 Å². The van der Waals surface area contributed by atoms with Crippen LogP contribution < -0.4 is 4.90 Å². The Balaban J connectivity index is 2.09. The zero-order valence-corrected chi connectivity index (χ0v) is 11.2. The lowest BCUT2D eigenvalue weighted by atomic mass is 10.2. The molecule has 0 unspecified atom stereocenters. The maximum atomic E-state index is 11.5. The second-order valence-corrected chi connectivity index (χ2v) is 5.09. The fraction of sp³-hybridized carbons (Fsp3) is 0.467. The standard InChI is InChI=1S/C15H19N3O/c1-2-17(12-7-3-4-8-12)15-13(11-19)18-10-6-5-9-14(18)16-15/h5-6,9-12H,2-4,7-8H2,1H3. The highest BCUT2D eigenvalue weighted by Crippen LogP contribution is 2.29. The van der Waals surface area contributed by atoms with E-state index in [1.165, 1.54) is 25.7 Å². The van der Waals surface area contributed by atoms with E-state index in [9.17, 15) is 4.79 Å². The lowest BCUT2D eigenvalue weighted by Gasteiger charge is -2.28. The number of fused-ring (bicyclic) bond motifs is 1.